The van der Waals surface area contributed by atoms with Crippen molar-refractivity contribution in [2.75, 3.05) is 0 Å². The van der Waals surface area contributed by atoms with Crippen molar-refractivity contribution in [1.29, 1.82) is 0 Å². The van der Waals surface area contributed by atoms with E-state index in [4.69, 9.17) is 11.6 Å². The summed E-state index contributed by atoms with van der Waals surface area (Å²) in [5.74, 6) is 0. The van der Waals surface area contributed by atoms with Gasteiger partial charge in [-0.15, -0.1) is 0 Å². The zero-order valence-electron chi connectivity index (χ0n) is 8.97. The van der Waals surface area contributed by atoms with Crippen molar-refractivity contribution in [2.24, 2.45) is 0 Å². The molecule has 17 heavy (non-hydrogen) atoms. The molecule has 82 valence electrons. The second-order valence-electron chi connectivity index (χ2n) is 3.76. The lowest BCUT2D eigenvalue weighted by molar-refractivity contribution is 1.31. The van der Waals surface area contributed by atoms with Crippen LogP contribution in [-0.2, 0) is 0 Å². The van der Waals surface area contributed by atoms with Crippen molar-refractivity contribution < 1.29 is 0 Å². The molecule has 0 spiro atoms. The molecule has 1 aromatic carbocycles. The molecule has 0 amide bonds. The van der Waals surface area contributed by atoms with E-state index in [9.17, 15) is 0 Å². The summed E-state index contributed by atoms with van der Waals surface area (Å²) in [4.78, 5) is 8.68. The number of nitrogens with zero attached hydrogens (tertiary/aromatic N) is 2. The van der Waals surface area contributed by atoms with Crippen molar-refractivity contribution in [2.45, 2.75) is 0 Å². The molecule has 0 aliphatic rings. The van der Waals surface area contributed by atoms with Crippen LogP contribution in [0.1, 0.15) is 0 Å². The predicted molar refractivity (Wildman–Crippen MR) is 70.0 cm³/mol. The molecular weight excluding hydrogens is 232 g/mol. The molecule has 0 aliphatic carbocycles. The van der Waals surface area contributed by atoms with Gasteiger partial charge in [0.2, 0.25) is 0 Å². The highest BCUT2D eigenvalue weighted by Crippen LogP contribution is 2.21. The van der Waals surface area contributed by atoms with Crippen LogP contribution in [0.5, 0.6) is 0 Å². The molecule has 0 saturated heterocycles. The molecule has 2 aromatic heterocycles. The molecule has 2 nitrogen and oxygen atoms in total. The predicted octanol–water partition coefficient (Wildman–Crippen LogP) is 3.95. The van der Waals surface area contributed by atoms with Crippen molar-refractivity contribution in [1.82, 2.24) is 9.97 Å². The summed E-state index contributed by atoms with van der Waals surface area (Å²) in [7, 11) is 0. The molecule has 0 fully saturated rings. The maximum absolute atomic E-state index is 5.88. The van der Waals surface area contributed by atoms with Crippen molar-refractivity contribution in [3.8, 4) is 11.3 Å². The van der Waals surface area contributed by atoms with Crippen LogP contribution in [0.25, 0.3) is 22.2 Å². The van der Waals surface area contributed by atoms with E-state index in [0.29, 0.717) is 5.15 Å². The lowest BCUT2D eigenvalue weighted by atomic mass is 10.1. The Morgan fingerprint density at radius 3 is 2.71 bits per heavy atom. The molecule has 3 rings (SSSR count). The summed E-state index contributed by atoms with van der Waals surface area (Å²) in [6, 6.07) is 15.7. The number of hydrogen-bond acceptors (Lipinski definition) is 2. The Kier molecular flexibility index (Phi) is 2.50. The summed E-state index contributed by atoms with van der Waals surface area (Å²) in [6.45, 7) is 0. The standard InChI is InChI=1S/C14H9ClN2/c15-14-7-3-6-13(17-14)11-8-10-4-1-2-5-12(10)16-9-11/h1-9H. The molecule has 0 saturated carbocycles. The first-order chi connectivity index (χ1) is 8.33. The molecule has 0 N–H and O–H groups in total. The number of para-hydroxylation sites is 1. The summed E-state index contributed by atoms with van der Waals surface area (Å²) in [5.41, 5.74) is 2.81. The second-order valence-corrected chi connectivity index (χ2v) is 4.15. The highest BCUT2D eigenvalue weighted by atomic mass is 35.5. The smallest absolute Gasteiger partial charge is 0.129 e. The first-order valence-corrected chi connectivity index (χ1v) is 5.68. The van der Waals surface area contributed by atoms with E-state index in [1.807, 2.05) is 42.6 Å². The Morgan fingerprint density at radius 1 is 0.941 bits per heavy atom. The van der Waals surface area contributed by atoms with Gasteiger partial charge in [-0.05, 0) is 24.3 Å². The van der Waals surface area contributed by atoms with Gasteiger partial charge in [-0.2, -0.15) is 0 Å². The zero-order valence-corrected chi connectivity index (χ0v) is 9.72. The van der Waals surface area contributed by atoms with E-state index in [2.05, 4.69) is 16.0 Å². The summed E-state index contributed by atoms with van der Waals surface area (Å²) in [6.07, 6.45) is 1.82. The summed E-state index contributed by atoms with van der Waals surface area (Å²) in [5, 5.41) is 1.60. The largest absolute Gasteiger partial charge is 0.256 e. The Morgan fingerprint density at radius 2 is 1.82 bits per heavy atom. The third-order valence-electron chi connectivity index (χ3n) is 2.60. The van der Waals surface area contributed by atoms with Crippen molar-refractivity contribution in [3.63, 3.8) is 0 Å². The average Bonchev–Trinajstić information content (AvgIpc) is 2.38. The molecule has 0 aliphatic heterocycles. The lowest BCUT2D eigenvalue weighted by Crippen LogP contribution is -1.86. The first-order valence-electron chi connectivity index (χ1n) is 5.31. The fraction of sp³-hybridized carbons (Fsp3) is 0. The van der Waals surface area contributed by atoms with Crippen LogP contribution >= 0.6 is 11.6 Å². The Balaban J connectivity index is 2.18. The first kappa shape index (κ1) is 10.2. The fourth-order valence-corrected chi connectivity index (χ4v) is 1.94. The van der Waals surface area contributed by atoms with Gasteiger partial charge in [0, 0.05) is 17.1 Å². The van der Waals surface area contributed by atoms with Crippen LogP contribution < -0.4 is 0 Å². The van der Waals surface area contributed by atoms with Crippen LogP contribution in [0, 0.1) is 0 Å². The number of benzene rings is 1. The number of pyridine rings is 2. The van der Waals surface area contributed by atoms with Gasteiger partial charge < -0.3 is 0 Å². The monoisotopic (exact) mass is 240 g/mol. The average molecular weight is 241 g/mol. The van der Waals surface area contributed by atoms with Crippen LogP contribution in [0.4, 0.5) is 0 Å². The Bertz CT molecular complexity index is 680. The van der Waals surface area contributed by atoms with Gasteiger partial charge in [0.25, 0.3) is 0 Å². The van der Waals surface area contributed by atoms with Crippen LogP contribution in [0.2, 0.25) is 5.15 Å². The molecule has 0 bridgehead atoms. The number of aromatic nitrogens is 2. The number of hydrogen-bond donors (Lipinski definition) is 0. The highest BCUT2D eigenvalue weighted by Gasteiger charge is 2.02. The van der Waals surface area contributed by atoms with E-state index >= 15 is 0 Å². The Hall–Kier alpha value is -1.93. The van der Waals surface area contributed by atoms with Gasteiger partial charge in [0.1, 0.15) is 5.15 Å². The van der Waals surface area contributed by atoms with Gasteiger partial charge in [-0.3, -0.25) is 4.98 Å². The van der Waals surface area contributed by atoms with Crippen LogP contribution in [0.15, 0.2) is 54.7 Å². The van der Waals surface area contributed by atoms with E-state index in [-0.39, 0.29) is 0 Å². The van der Waals surface area contributed by atoms with E-state index in [1.165, 1.54) is 0 Å². The molecule has 2 heterocycles. The quantitative estimate of drug-likeness (QED) is 0.602. The highest BCUT2D eigenvalue weighted by molar-refractivity contribution is 6.29. The van der Waals surface area contributed by atoms with E-state index in [1.54, 1.807) is 6.07 Å². The third-order valence-corrected chi connectivity index (χ3v) is 2.81. The van der Waals surface area contributed by atoms with E-state index in [0.717, 1.165) is 22.2 Å². The Labute approximate surface area is 104 Å². The second kappa shape index (κ2) is 4.15. The molecule has 3 heteroatoms. The van der Waals surface area contributed by atoms with Crippen molar-refractivity contribution in [3.05, 3.63) is 59.9 Å². The normalized spacial score (nSPS) is 10.6. The van der Waals surface area contributed by atoms with Gasteiger partial charge in [-0.1, -0.05) is 35.9 Å². The minimum atomic E-state index is 0.496. The summed E-state index contributed by atoms with van der Waals surface area (Å²) < 4.78 is 0. The maximum Gasteiger partial charge on any atom is 0.129 e. The molecular formula is C14H9ClN2. The van der Waals surface area contributed by atoms with Gasteiger partial charge in [0.05, 0.1) is 11.2 Å². The topological polar surface area (TPSA) is 25.8 Å². The van der Waals surface area contributed by atoms with Crippen molar-refractivity contribution >= 4 is 22.5 Å². The molecule has 0 unspecified atom stereocenters. The minimum absolute atomic E-state index is 0.496. The van der Waals surface area contributed by atoms with Gasteiger partial charge in [0.15, 0.2) is 0 Å². The SMILES string of the molecule is Clc1cccc(-c2cnc3ccccc3c2)n1. The van der Waals surface area contributed by atoms with Gasteiger partial charge >= 0.3 is 0 Å². The molecule has 3 aromatic rings. The molecule has 0 radical (unpaired) electrons. The third kappa shape index (κ3) is 1.99. The number of rotatable bonds is 1. The molecule has 0 atom stereocenters. The zero-order chi connectivity index (χ0) is 11.7. The van der Waals surface area contributed by atoms with Gasteiger partial charge in [-0.25, -0.2) is 4.98 Å². The van der Waals surface area contributed by atoms with Crippen LogP contribution in [-0.4, -0.2) is 9.97 Å². The number of halogens is 1. The van der Waals surface area contributed by atoms with E-state index < -0.39 is 0 Å². The van der Waals surface area contributed by atoms with Crippen LogP contribution in [0.3, 0.4) is 0 Å². The number of fused-ring (bicyclic) bond motifs is 1. The minimum Gasteiger partial charge on any atom is -0.256 e. The summed E-state index contributed by atoms with van der Waals surface area (Å²) >= 11 is 5.88. The fourth-order valence-electron chi connectivity index (χ4n) is 1.78. The lowest BCUT2D eigenvalue weighted by Gasteiger charge is -2.02. The maximum atomic E-state index is 5.88.